The van der Waals surface area contributed by atoms with E-state index in [1.165, 1.54) is 0 Å². The van der Waals surface area contributed by atoms with E-state index in [-0.39, 0.29) is 17.2 Å². The maximum atomic E-state index is 12.3. The summed E-state index contributed by atoms with van der Waals surface area (Å²) in [6.45, 7) is 7.30. The highest BCUT2D eigenvalue weighted by Gasteiger charge is 2.32. The van der Waals surface area contributed by atoms with Gasteiger partial charge in [0.25, 0.3) is 0 Å². The molecule has 0 aromatic carbocycles. The van der Waals surface area contributed by atoms with Gasteiger partial charge in [0.05, 0.1) is 6.20 Å². The number of aromatic nitrogens is 4. The first-order chi connectivity index (χ1) is 10.9. The lowest BCUT2D eigenvalue weighted by molar-refractivity contribution is -0.140. The summed E-state index contributed by atoms with van der Waals surface area (Å²) in [7, 11) is 0. The Bertz CT molecular complexity index is 669. The van der Waals surface area contributed by atoms with Crippen molar-refractivity contribution in [2.75, 3.05) is 13.1 Å². The number of piperidine rings is 1. The van der Waals surface area contributed by atoms with Crippen molar-refractivity contribution in [3.8, 4) is 11.5 Å². The van der Waals surface area contributed by atoms with Gasteiger partial charge in [-0.25, -0.2) is 4.98 Å². The van der Waals surface area contributed by atoms with Crippen molar-refractivity contribution < 1.29 is 9.32 Å². The fraction of sp³-hybridized carbons (Fsp3) is 0.562. The van der Waals surface area contributed by atoms with Crippen LogP contribution in [0.25, 0.3) is 11.5 Å². The molecule has 23 heavy (non-hydrogen) atoms. The van der Waals surface area contributed by atoms with E-state index in [1.807, 2.05) is 25.7 Å². The van der Waals surface area contributed by atoms with Crippen LogP contribution in [0.1, 0.15) is 45.4 Å². The SMILES string of the molecule is CC(C)(C)C(=O)N1CCC(c2nc(-c3cnccn3)no2)CC1. The molecule has 0 unspecified atom stereocenters. The van der Waals surface area contributed by atoms with E-state index in [1.54, 1.807) is 18.6 Å². The van der Waals surface area contributed by atoms with Gasteiger partial charge in [-0.15, -0.1) is 0 Å². The van der Waals surface area contributed by atoms with Gasteiger partial charge in [0.15, 0.2) is 0 Å². The zero-order valence-electron chi connectivity index (χ0n) is 13.7. The van der Waals surface area contributed by atoms with Crippen LogP contribution in [0.3, 0.4) is 0 Å². The van der Waals surface area contributed by atoms with Crippen LogP contribution < -0.4 is 0 Å². The first kappa shape index (κ1) is 15.6. The van der Waals surface area contributed by atoms with Crippen molar-refractivity contribution in [3.05, 3.63) is 24.5 Å². The molecule has 0 N–H and O–H groups in total. The molecule has 1 saturated heterocycles. The van der Waals surface area contributed by atoms with Crippen LogP contribution in [-0.2, 0) is 4.79 Å². The average molecular weight is 315 g/mol. The van der Waals surface area contributed by atoms with Crippen molar-refractivity contribution in [2.45, 2.75) is 39.5 Å². The molecule has 3 rings (SSSR count). The first-order valence-corrected chi connectivity index (χ1v) is 7.84. The van der Waals surface area contributed by atoms with Crippen LogP contribution in [-0.4, -0.2) is 44.0 Å². The number of carbonyl (C=O) groups is 1. The predicted octanol–water partition coefficient (Wildman–Crippen LogP) is 2.28. The van der Waals surface area contributed by atoms with Gasteiger partial charge in [0, 0.05) is 36.8 Å². The standard InChI is InChI=1S/C16H21N5O2/c1-16(2,3)15(22)21-8-4-11(5-9-21)14-19-13(20-23-14)12-10-17-6-7-18-12/h6-7,10-11H,4-5,8-9H2,1-3H3. The molecular weight excluding hydrogens is 294 g/mol. The molecule has 7 heteroatoms. The smallest absolute Gasteiger partial charge is 0.230 e. The summed E-state index contributed by atoms with van der Waals surface area (Å²) in [5.74, 6) is 1.47. The summed E-state index contributed by atoms with van der Waals surface area (Å²) in [5, 5.41) is 3.99. The number of amides is 1. The molecule has 0 bridgehead atoms. The molecule has 3 heterocycles. The van der Waals surface area contributed by atoms with E-state index in [9.17, 15) is 4.79 Å². The molecule has 1 fully saturated rings. The largest absolute Gasteiger partial charge is 0.342 e. The number of rotatable bonds is 2. The minimum absolute atomic E-state index is 0.192. The maximum absolute atomic E-state index is 12.3. The third-order valence-corrected chi connectivity index (χ3v) is 4.01. The molecule has 1 aliphatic heterocycles. The lowest BCUT2D eigenvalue weighted by atomic mass is 9.91. The Morgan fingerprint density at radius 2 is 2.00 bits per heavy atom. The van der Waals surface area contributed by atoms with Gasteiger partial charge in [-0.3, -0.25) is 9.78 Å². The highest BCUT2D eigenvalue weighted by molar-refractivity contribution is 5.81. The summed E-state index contributed by atoms with van der Waals surface area (Å²) in [6, 6.07) is 0. The minimum atomic E-state index is -0.337. The Kier molecular flexibility index (Phi) is 4.11. The Morgan fingerprint density at radius 3 is 2.61 bits per heavy atom. The second kappa shape index (κ2) is 6.06. The number of hydrogen-bond acceptors (Lipinski definition) is 6. The Hall–Kier alpha value is -2.31. The molecule has 0 saturated carbocycles. The van der Waals surface area contributed by atoms with E-state index < -0.39 is 0 Å². The zero-order valence-corrected chi connectivity index (χ0v) is 13.7. The number of likely N-dealkylation sites (tertiary alicyclic amines) is 1. The van der Waals surface area contributed by atoms with Gasteiger partial charge < -0.3 is 9.42 Å². The summed E-state index contributed by atoms with van der Waals surface area (Å²) < 4.78 is 5.39. The zero-order chi connectivity index (χ0) is 16.4. The lowest BCUT2D eigenvalue weighted by Crippen LogP contribution is -2.43. The van der Waals surface area contributed by atoms with Gasteiger partial charge in [-0.1, -0.05) is 25.9 Å². The van der Waals surface area contributed by atoms with Gasteiger partial charge in [0.2, 0.25) is 17.6 Å². The Morgan fingerprint density at radius 1 is 1.26 bits per heavy atom. The monoisotopic (exact) mass is 315 g/mol. The molecule has 0 atom stereocenters. The second-order valence-corrected chi connectivity index (χ2v) is 6.86. The minimum Gasteiger partial charge on any atom is -0.342 e. The molecule has 1 aliphatic rings. The molecule has 122 valence electrons. The van der Waals surface area contributed by atoms with Crippen LogP contribution in [0.5, 0.6) is 0 Å². The van der Waals surface area contributed by atoms with Gasteiger partial charge in [-0.05, 0) is 12.8 Å². The molecule has 2 aromatic rings. The van der Waals surface area contributed by atoms with Crippen LogP contribution in [0.15, 0.2) is 23.1 Å². The third-order valence-electron chi connectivity index (χ3n) is 4.01. The van der Waals surface area contributed by atoms with Crippen molar-refractivity contribution in [1.29, 1.82) is 0 Å². The van der Waals surface area contributed by atoms with E-state index in [2.05, 4.69) is 20.1 Å². The summed E-state index contributed by atoms with van der Waals surface area (Å²) in [5.41, 5.74) is 0.263. The maximum Gasteiger partial charge on any atom is 0.230 e. The van der Waals surface area contributed by atoms with Crippen LogP contribution >= 0.6 is 0 Å². The Labute approximate surface area is 135 Å². The van der Waals surface area contributed by atoms with Crippen molar-refractivity contribution in [3.63, 3.8) is 0 Å². The highest BCUT2D eigenvalue weighted by Crippen LogP contribution is 2.30. The van der Waals surface area contributed by atoms with Gasteiger partial charge in [-0.2, -0.15) is 4.98 Å². The highest BCUT2D eigenvalue weighted by atomic mass is 16.5. The second-order valence-electron chi connectivity index (χ2n) is 6.86. The van der Waals surface area contributed by atoms with E-state index in [0.717, 1.165) is 25.9 Å². The van der Waals surface area contributed by atoms with Crippen LogP contribution in [0.2, 0.25) is 0 Å². The van der Waals surface area contributed by atoms with E-state index >= 15 is 0 Å². The van der Waals surface area contributed by atoms with Crippen LogP contribution in [0, 0.1) is 5.41 Å². The summed E-state index contributed by atoms with van der Waals surface area (Å²) >= 11 is 0. The van der Waals surface area contributed by atoms with E-state index in [4.69, 9.17) is 4.52 Å². The summed E-state index contributed by atoms with van der Waals surface area (Å²) in [4.78, 5) is 26.9. The Balaban J connectivity index is 1.65. The molecule has 1 amide bonds. The topological polar surface area (TPSA) is 85.0 Å². The fourth-order valence-electron chi connectivity index (χ4n) is 2.72. The predicted molar refractivity (Wildman–Crippen MR) is 83.3 cm³/mol. The quantitative estimate of drug-likeness (QED) is 0.845. The molecule has 2 aromatic heterocycles. The molecular formula is C16H21N5O2. The fourth-order valence-corrected chi connectivity index (χ4v) is 2.72. The number of hydrogen-bond donors (Lipinski definition) is 0. The van der Waals surface area contributed by atoms with E-state index in [0.29, 0.717) is 17.4 Å². The lowest BCUT2D eigenvalue weighted by Gasteiger charge is -2.34. The average Bonchev–Trinajstić information content (AvgIpc) is 3.04. The van der Waals surface area contributed by atoms with Gasteiger partial charge >= 0.3 is 0 Å². The molecule has 0 radical (unpaired) electrons. The van der Waals surface area contributed by atoms with Crippen LogP contribution in [0.4, 0.5) is 0 Å². The van der Waals surface area contributed by atoms with Crippen molar-refractivity contribution >= 4 is 5.91 Å². The summed E-state index contributed by atoms with van der Waals surface area (Å²) in [6.07, 6.45) is 6.49. The number of nitrogens with zero attached hydrogens (tertiary/aromatic N) is 5. The van der Waals surface area contributed by atoms with Gasteiger partial charge in [0.1, 0.15) is 5.69 Å². The molecule has 7 nitrogen and oxygen atoms in total. The first-order valence-electron chi connectivity index (χ1n) is 7.84. The molecule has 0 spiro atoms. The van der Waals surface area contributed by atoms with Crippen molar-refractivity contribution in [1.82, 2.24) is 25.0 Å². The normalized spacial score (nSPS) is 16.6. The third kappa shape index (κ3) is 3.38. The van der Waals surface area contributed by atoms with Crippen molar-refractivity contribution in [2.24, 2.45) is 5.41 Å². The molecule has 0 aliphatic carbocycles. The number of carbonyl (C=O) groups excluding carboxylic acids is 1.